The summed E-state index contributed by atoms with van der Waals surface area (Å²) in [6, 6.07) is 7.34. The third-order valence-corrected chi connectivity index (χ3v) is 3.20. The molecule has 0 radical (unpaired) electrons. The highest BCUT2D eigenvalue weighted by Gasteiger charge is 2.07. The van der Waals surface area contributed by atoms with Crippen molar-refractivity contribution in [3.05, 3.63) is 30.5 Å². The van der Waals surface area contributed by atoms with Gasteiger partial charge in [0.05, 0.1) is 12.7 Å². The van der Waals surface area contributed by atoms with Gasteiger partial charge in [-0.1, -0.05) is 6.92 Å². The van der Waals surface area contributed by atoms with Gasteiger partial charge in [0.15, 0.2) is 0 Å². The van der Waals surface area contributed by atoms with E-state index in [4.69, 9.17) is 5.11 Å². The van der Waals surface area contributed by atoms with Crippen LogP contribution in [0.15, 0.2) is 30.5 Å². The minimum absolute atomic E-state index is 0.0114. The van der Waals surface area contributed by atoms with Gasteiger partial charge >= 0.3 is 6.03 Å². The number of aryl methyl sites for hydroxylation is 1. The number of nitrogens with zero attached hydrogens (tertiary/aromatic N) is 1. The molecule has 0 saturated heterocycles. The third kappa shape index (κ3) is 3.96. The summed E-state index contributed by atoms with van der Waals surface area (Å²) in [5.74, 6) is 0. The van der Waals surface area contributed by atoms with Crippen molar-refractivity contribution < 1.29 is 15.0 Å². The molecule has 0 aliphatic heterocycles. The molecule has 0 aliphatic rings. The van der Waals surface area contributed by atoms with Gasteiger partial charge in [0.1, 0.15) is 0 Å². The van der Waals surface area contributed by atoms with Crippen molar-refractivity contribution >= 4 is 22.6 Å². The Morgan fingerprint density at radius 2 is 2.19 bits per heavy atom. The maximum absolute atomic E-state index is 11.7. The van der Waals surface area contributed by atoms with Crippen LogP contribution in [0.4, 0.5) is 10.5 Å². The van der Waals surface area contributed by atoms with Crippen LogP contribution < -0.4 is 10.6 Å². The van der Waals surface area contributed by atoms with E-state index in [1.54, 1.807) is 0 Å². The fourth-order valence-corrected chi connectivity index (χ4v) is 2.16. The minimum Gasteiger partial charge on any atom is -0.394 e. The largest absolute Gasteiger partial charge is 0.394 e. The zero-order valence-corrected chi connectivity index (χ0v) is 12.0. The number of nitrogens with one attached hydrogen (secondary N) is 2. The van der Waals surface area contributed by atoms with Gasteiger partial charge in [0.2, 0.25) is 0 Å². The molecule has 0 saturated carbocycles. The van der Waals surface area contributed by atoms with Crippen LogP contribution in [0.25, 0.3) is 10.9 Å². The van der Waals surface area contributed by atoms with Crippen LogP contribution in [0.3, 0.4) is 0 Å². The summed E-state index contributed by atoms with van der Waals surface area (Å²) in [5, 5.41) is 24.1. The molecule has 2 aromatic rings. The third-order valence-electron chi connectivity index (χ3n) is 3.20. The van der Waals surface area contributed by atoms with Crippen LogP contribution in [0, 0.1) is 0 Å². The van der Waals surface area contributed by atoms with Gasteiger partial charge < -0.3 is 25.4 Å². The first-order chi connectivity index (χ1) is 10.1. The van der Waals surface area contributed by atoms with Crippen LogP contribution in [0.1, 0.15) is 13.3 Å². The van der Waals surface area contributed by atoms with E-state index >= 15 is 0 Å². The summed E-state index contributed by atoms with van der Waals surface area (Å²) in [7, 11) is 0. The highest BCUT2D eigenvalue weighted by molar-refractivity contribution is 5.92. The Bertz CT molecular complexity index is 609. The van der Waals surface area contributed by atoms with Crippen LogP contribution >= 0.6 is 0 Å². The number of carbonyl (C=O) groups excluding carboxylic acids is 1. The van der Waals surface area contributed by atoms with E-state index < -0.39 is 12.1 Å². The number of benzene rings is 1. The Morgan fingerprint density at radius 1 is 1.38 bits per heavy atom. The number of urea groups is 1. The maximum atomic E-state index is 11.7. The summed E-state index contributed by atoms with van der Waals surface area (Å²) in [4.78, 5) is 11.7. The molecule has 6 nitrogen and oxygen atoms in total. The Kier molecular flexibility index (Phi) is 5.19. The summed E-state index contributed by atoms with van der Waals surface area (Å²) in [6.45, 7) is 2.73. The second kappa shape index (κ2) is 7.10. The van der Waals surface area contributed by atoms with Crippen molar-refractivity contribution in [2.75, 3.05) is 18.5 Å². The van der Waals surface area contributed by atoms with Gasteiger partial charge in [-0.05, 0) is 30.7 Å². The predicted octanol–water partition coefficient (Wildman–Crippen LogP) is 1.53. The number of fused-ring (bicyclic) bond motifs is 1. The Hall–Kier alpha value is -2.05. The average molecular weight is 291 g/mol. The first-order valence-corrected chi connectivity index (χ1v) is 7.06. The number of aliphatic hydroxyl groups is 2. The molecule has 1 aromatic heterocycles. The van der Waals surface area contributed by atoms with E-state index in [2.05, 4.69) is 22.1 Å². The molecule has 0 aliphatic carbocycles. The average Bonchev–Trinajstić information content (AvgIpc) is 2.87. The molecule has 1 atom stereocenters. The second-order valence-corrected chi connectivity index (χ2v) is 4.95. The van der Waals surface area contributed by atoms with Crippen LogP contribution in [0.2, 0.25) is 0 Å². The van der Waals surface area contributed by atoms with Crippen molar-refractivity contribution in [2.24, 2.45) is 0 Å². The molecule has 2 rings (SSSR count). The van der Waals surface area contributed by atoms with E-state index in [1.807, 2.05) is 30.5 Å². The summed E-state index contributed by atoms with van der Waals surface area (Å²) < 4.78 is 2.18. The number of rotatable bonds is 6. The van der Waals surface area contributed by atoms with E-state index in [-0.39, 0.29) is 13.2 Å². The topological polar surface area (TPSA) is 86.5 Å². The molecule has 1 heterocycles. The molecule has 21 heavy (non-hydrogen) atoms. The molecule has 6 heteroatoms. The summed E-state index contributed by atoms with van der Waals surface area (Å²) >= 11 is 0. The smallest absolute Gasteiger partial charge is 0.319 e. The van der Waals surface area contributed by atoms with Gasteiger partial charge in [-0.15, -0.1) is 0 Å². The number of carbonyl (C=O) groups is 1. The Balaban J connectivity index is 2.01. The van der Waals surface area contributed by atoms with Crippen LogP contribution in [-0.2, 0) is 6.54 Å². The summed E-state index contributed by atoms with van der Waals surface area (Å²) in [6.07, 6.45) is 2.16. The van der Waals surface area contributed by atoms with Crippen molar-refractivity contribution in [1.29, 1.82) is 0 Å². The number of anilines is 1. The van der Waals surface area contributed by atoms with Crippen molar-refractivity contribution in [3.8, 4) is 0 Å². The normalized spacial score (nSPS) is 12.3. The van der Waals surface area contributed by atoms with Crippen molar-refractivity contribution in [2.45, 2.75) is 26.0 Å². The van der Waals surface area contributed by atoms with Gasteiger partial charge in [-0.3, -0.25) is 0 Å². The van der Waals surface area contributed by atoms with Gasteiger partial charge in [0, 0.05) is 35.9 Å². The lowest BCUT2D eigenvalue weighted by atomic mass is 10.2. The fraction of sp³-hybridized carbons (Fsp3) is 0.400. The number of aromatic nitrogens is 1. The fourth-order valence-electron chi connectivity index (χ4n) is 2.16. The number of amides is 2. The monoisotopic (exact) mass is 291 g/mol. The zero-order chi connectivity index (χ0) is 15.2. The molecule has 2 amide bonds. The van der Waals surface area contributed by atoms with E-state index in [1.165, 1.54) is 0 Å². The highest BCUT2D eigenvalue weighted by atomic mass is 16.3. The molecule has 0 bridgehead atoms. The lowest BCUT2D eigenvalue weighted by molar-refractivity contribution is 0.0965. The molecular formula is C15H21N3O3. The van der Waals surface area contributed by atoms with Crippen LogP contribution in [0.5, 0.6) is 0 Å². The summed E-state index contributed by atoms with van der Waals surface area (Å²) in [5.41, 5.74) is 1.83. The minimum atomic E-state index is -0.943. The van der Waals surface area contributed by atoms with E-state index in [9.17, 15) is 9.90 Å². The molecule has 114 valence electrons. The maximum Gasteiger partial charge on any atom is 0.319 e. The number of hydrogen-bond acceptors (Lipinski definition) is 3. The Morgan fingerprint density at radius 3 is 2.90 bits per heavy atom. The molecule has 4 N–H and O–H groups in total. The number of aliphatic hydroxyl groups excluding tert-OH is 2. The first kappa shape index (κ1) is 15.3. The lowest BCUT2D eigenvalue weighted by Gasteiger charge is -2.10. The van der Waals surface area contributed by atoms with Crippen molar-refractivity contribution in [3.63, 3.8) is 0 Å². The molecular weight excluding hydrogens is 270 g/mol. The zero-order valence-electron chi connectivity index (χ0n) is 12.0. The quantitative estimate of drug-likeness (QED) is 0.651. The standard InChI is InChI=1S/C15H21N3O3/c1-2-6-18-7-5-11-8-12(3-4-14(11)18)17-15(21)16-9-13(20)10-19/h3-5,7-8,13,19-20H,2,6,9-10H2,1H3,(H2,16,17,21). The van der Waals surface area contributed by atoms with Gasteiger partial charge in [-0.2, -0.15) is 0 Å². The van der Waals surface area contributed by atoms with Crippen molar-refractivity contribution in [1.82, 2.24) is 9.88 Å². The first-order valence-electron chi connectivity index (χ1n) is 7.06. The van der Waals surface area contributed by atoms with E-state index in [0.29, 0.717) is 5.69 Å². The van der Waals surface area contributed by atoms with Gasteiger partial charge in [-0.25, -0.2) is 4.79 Å². The molecule has 0 fully saturated rings. The highest BCUT2D eigenvalue weighted by Crippen LogP contribution is 2.20. The second-order valence-electron chi connectivity index (χ2n) is 4.95. The van der Waals surface area contributed by atoms with Gasteiger partial charge in [0.25, 0.3) is 0 Å². The predicted molar refractivity (Wildman–Crippen MR) is 82.3 cm³/mol. The van der Waals surface area contributed by atoms with Crippen LogP contribution in [-0.4, -0.2) is 40.1 Å². The SMILES string of the molecule is CCCn1ccc2cc(NC(=O)NCC(O)CO)ccc21. The molecule has 1 unspecified atom stereocenters. The Labute approximate surface area is 123 Å². The van der Waals surface area contributed by atoms with E-state index in [0.717, 1.165) is 23.9 Å². The lowest BCUT2D eigenvalue weighted by Crippen LogP contribution is -2.36. The number of hydrogen-bond donors (Lipinski definition) is 4. The molecule has 0 spiro atoms. The molecule has 1 aromatic carbocycles.